The van der Waals surface area contributed by atoms with Gasteiger partial charge in [-0.15, -0.1) is 11.6 Å². The largest absolute Gasteiger partial charge is 0.305 e. The maximum absolute atomic E-state index is 11.7. The summed E-state index contributed by atoms with van der Waals surface area (Å²) in [6, 6.07) is 0. The van der Waals surface area contributed by atoms with E-state index in [2.05, 4.69) is 5.32 Å². The predicted octanol–water partition coefficient (Wildman–Crippen LogP) is 2.25. The third kappa shape index (κ3) is 4.53. The van der Waals surface area contributed by atoms with Gasteiger partial charge in [0.05, 0.1) is 6.54 Å². The van der Waals surface area contributed by atoms with Crippen molar-refractivity contribution >= 4 is 11.6 Å². The molecule has 0 aromatic carbocycles. The highest BCUT2D eigenvalue weighted by Crippen LogP contribution is 2.11. The van der Waals surface area contributed by atoms with Gasteiger partial charge in [0.15, 0.2) is 0 Å². The smallest absolute Gasteiger partial charge is 0.250 e. The van der Waals surface area contributed by atoms with Crippen LogP contribution in [-0.2, 0) is 0 Å². The van der Waals surface area contributed by atoms with Gasteiger partial charge >= 0.3 is 0 Å². The van der Waals surface area contributed by atoms with E-state index in [1.807, 2.05) is 13.8 Å². The zero-order chi connectivity index (χ0) is 8.91. The summed E-state index contributed by atoms with van der Waals surface area (Å²) < 4.78 is 23.5. The Morgan fingerprint density at radius 3 is 2.36 bits per heavy atom. The summed E-state index contributed by atoms with van der Waals surface area (Å²) in [5, 5.41) is 2.71. The highest BCUT2D eigenvalue weighted by molar-refractivity contribution is 6.18. The molecule has 1 N–H and O–H groups in total. The summed E-state index contributed by atoms with van der Waals surface area (Å²) in [5.74, 6) is 0.357. The Hall–Kier alpha value is 0.110. The first kappa shape index (κ1) is 11.1. The molecule has 1 nitrogen and oxygen atoms in total. The van der Waals surface area contributed by atoms with Crippen LogP contribution in [-0.4, -0.2) is 24.4 Å². The lowest BCUT2D eigenvalue weighted by Gasteiger charge is -2.26. The molecule has 0 bridgehead atoms. The van der Waals surface area contributed by atoms with E-state index < -0.39 is 6.43 Å². The maximum Gasteiger partial charge on any atom is 0.250 e. The van der Waals surface area contributed by atoms with Gasteiger partial charge in [0.1, 0.15) is 0 Å². The molecule has 0 heterocycles. The fraction of sp³-hybridized carbons (Fsp3) is 1.00. The van der Waals surface area contributed by atoms with E-state index in [1.54, 1.807) is 0 Å². The lowest BCUT2D eigenvalue weighted by atomic mass is 10.0. The molecule has 0 amide bonds. The topological polar surface area (TPSA) is 12.0 Å². The molecule has 1 unspecified atom stereocenters. The number of alkyl halides is 3. The molecule has 0 rings (SSSR count). The van der Waals surface area contributed by atoms with Crippen LogP contribution >= 0.6 is 11.6 Å². The molecule has 11 heavy (non-hydrogen) atoms. The van der Waals surface area contributed by atoms with E-state index >= 15 is 0 Å². The maximum atomic E-state index is 11.7. The Labute approximate surface area is 71.1 Å². The molecule has 0 saturated carbocycles. The third-order valence-corrected chi connectivity index (χ3v) is 2.35. The molecule has 0 radical (unpaired) electrons. The van der Waals surface area contributed by atoms with Gasteiger partial charge in [-0.1, -0.05) is 6.92 Å². The minimum absolute atomic E-state index is 0.281. The van der Waals surface area contributed by atoms with Crippen molar-refractivity contribution in [3.8, 4) is 0 Å². The summed E-state index contributed by atoms with van der Waals surface area (Å²) in [6.07, 6.45) is -1.55. The average molecular weight is 186 g/mol. The van der Waals surface area contributed by atoms with Crippen molar-refractivity contribution in [3.63, 3.8) is 0 Å². The molecule has 0 fully saturated rings. The van der Waals surface area contributed by atoms with Crippen LogP contribution < -0.4 is 5.32 Å². The van der Waals surface area contributed by atoms with Crippen molar-refractivity contribution in [2.45, 2.75) is 32.2 Å². The first-order chi connectivity index (χ1) is 5.04. The minimum Gasteiger partial charge on any atom is -0.305 e. The second-order valence-electron chi connectivity index (χ2n) is 2.82. The lowest BCUT2D eigenvalue weighted by Crippen LogP contribution is -2.45. The van der Waals surface area contributed by atoms with E-state index in [-0.39, 0.29) is 12.1 Å². The molecule has 1 atom stereocenters. The number of halogens is 3. The van der Waals surface area contributed by atoms with Crippen molar-refractivity contribution in [1.29, 1.82) is 0 Å². The van der Waals surface area contributed by atoms with Crippen LogP contribution in [0, 0.1) is 0 Å². The summed E-state index contributed by atoms with van der Waals surface area (Å²) in [6.45, 7) is 3.47. The van der Waals surface area contributed by atoms with Crippen LogP contribution in [0.15, 0.2) is 0 Å². The molecule has 0 aliphatic heterocycles. The molecule has 0 aliphatic rings. The standard InChI is InChI=1S/C7H14ClF2N/c1-3-7(2,5-8)11-4-6(9)10/h6,11H,3-5H2,1-2H3. The molecule has 0 aromatic heterocycles. The summed E-state index contributed by atoms with van der Waals surface area (Å²) in [5.41, 5.74) is -0.349. The van der Waals surface area contributed by atoms with Crippen LogP contribution in [0.25, 0.3) is 0 Å². The van der Waals surface area contributed by atoms with Gasteiger partial charge in [0.2, 0.25) is 0 Å². The zero-order valence-corrected chi connectivity index (χ0v) is 7.59. The van der Waals surface area contributed by atoms with Crippen LogP contribution in [0.3, 0.4) is 0 Å². The molecule has 0 spiro atoms. The summed E-state index contributed by atoms with van der Waals surface area (Å²) >= 11 is 5.58. The average Bonchev–Trinajstić information content (AvgIpc) is 2.00. The highest BCUT2D eigenvalue weighted by Gasteiger charge is 2.20. The number of hydrogen-bond acceptors (Lipinski definition) is 1. The highest BCUT2D eigenvalue weighted by atomic mass is 35.5. The minimum atomic E-state index is -2.30. The first-order valence-electron chi connectivity index (χ1n) is 3.63. The van der Waals surface area contributed by atoms with Gasteiger partial charge in [-0.05, 0) is 13.3 Å². The SMILES string of the molecule is CCC(C)(CCl)NCC(F)F. The van der Waals surface area contributed by atoms with E-state index in [9.17, 15) is 8.78 Å². The molecule has 0 saturated heterocycles. The van der Waals surface area contributed by atoms with E-state index in [0.29, 0.717) is 5.88 Å². The zero-order valence-electron chi connectivity index (χ0n) is 6.83. The predicted molar refractivity (Wildman–Crippen MR) is 43.4 cm³/mol. The summed E-state index contributed by atoms with van der Waals surface area (Å²) in [7, 11) is 0. The van der Waals surface area contributed by atoms with Gasteiger partial charge in [0.25, 0.3) is 6.43 Å². The Bertz CT molecular complexity index is 105. The second kappa shape index (κ2) is 4.88. The van der Waals surface area contributed by atoms with Gasteiger partial charge in [-0.25, -0.2) is 8.78 Å². The molecule has 0 aliphatic carbocycles. The van der Waals surface area contributed by atoms with Gasteiger partial charge in [0, 0.05) is 11.4 Å². The molecule has 68 valence electrons. The third-order valence-electron chi connectivity index (χ3n) is 1.76. The van der Waals surface area contributed by atoms with Crippen molar-refractivity contribution in [2.75, 3.05) is 12.4 Å². The van der Waals surface area contributed by atoms with Crippen LogP contribution in [0.4, 0.5) is 8.78 Å². The second-order valence-corrected chi connectivity index (χ2v) is 3.09. The van der Waals surface area contributed by atoms with E-state index in [4.69, 9.17) is 11.6 Å². The Morgan fingerprint density at radius 2 is 2.09 bits per heavy atom. The molecular weight excluding hydrogens is 172 g/mol. The van der Waals surface area contributed by atoms with Crippen molar-refractivity contribution in [2.24, 2.45) is 0 Å². The molecular formula is C7H14ClF2N. The Balaban J connectivity index is 3.69. The van der Waals surface area contributed by atoms with Crippen LogP contribution in [0.2, 0.25) is 0 Å². The van der Waals surface area contributed by atoms with Gasteiger partial charge < -0.3 is 5.32 Å². The first-order valence-corrected chi connectivity index (χ1v) is 4.16. The van der Waals surface area contributed by atoms with Gasteiger partial charge in [-0.3, -0.25) is 0 Å². The van der Waals surface area contributed by atoms with E-state index in [0.717, 1.165) is 6.42 Å². The normalized spacial score (nSPS) is 16.9. The van der Waals surface area contributed by atoms with Crippen molar-refractivity contribution in [1.82, 2.24) is 5.32 Å². The molecule has 4 heteroatoms. The monoisotopic (exact) mass is 185 g/mol. The lowest BCUT2D eigenvalue weighted by molar-refractivity contribution is 0.133. The molecule has 0 aromatic rings. The number of nitrogens with one attached hydrogen (secondary N) is 1. The van der Waals surface area contributed by atoms with Gasteiger partial charge in [-0.2, -0.15) is 0 Å². The van der Waals surface area contributed by atoms with Crippen molar-refractivity contribution in [3.05, 3.63) is 0 Å². The fourth-order valence-corrected chi connectivity index (χ4v) is 0.874. The Morgan fingerprint density at radius 1 is 1.55 bits per heavy atom. The summed E-state index contributed by atoms with van der Waals surface area (Å²) in [4.78, 5) is 0. The number of rotatable bonds is 5. The van der Waals surface area contributed by atoms with Crippen LogP contribution in [0.1, 0.15) is 20.3 Å². The quantitative estimate of drug-likeness (QED) is 0.648. The fourth-order valence-electron chi connectivity index (χ4n) is 0.590. The van der Waals surface area contributed by atoms with Crippen LogP contribution in [0.5, 0.6) is 0 Å². The van der Waals surface area contributed by atoms with Crippen molar-refractivity contribution < 1.29 is 8.78 Å². The van der Waals surface area contributed by atoms with E-state index in [1.165, 1.54) is 0 Å². The number of hydrogen-bond donors (Lipinski definition) is 1. The Kier molecular flexibility index (Phi) is 4.93.